The van der Waals surface area contributed by atoms with Crippen molar-refractivity contribution in [2.24, 2.45) is 11.7 Å². The van der Waals surface area contributed by atoms with Crippen LogP contribution in [-0.4, -0.2) is 49.1 Å². The van der Waals surface area contributed by atoms with Gasteiger partial charge in [-0.1, -0.05) is 0 Å². The van der Waals surface area contributed by atoms with Crippen LogP contribution in [-0.2, 0) is 9.59 Å². The van der Waals surface area contributed by atoms with Crippen molar-refractivity contribution >= 4 is 11.8 Å². The van der Waals surface area contributed by atoms with E-state index in [1.807, 2.05) is 0 Å². The molecule has 2 amide bonds. The lowest BCUT2D eigenvalue weighted by atomic mass is 9.95. The number of nitrogens with zero attached hydrogens (tertiary/aromatic N) is 1. The molecule has 0 aliphatic carbocycles. The molecular formula is C18H26N2O5. The van der Waals surface area contributed by atoms with Crippen molar-refractivity contribution in [2.75, 3.05) is 27.3 Å². The summed E-state index contributed by atoms with van der Waals surface area (Å²) in [5, 5.41) is 10.4. The van der Waals surface area contributed by atoms with Crippen molar-refractivity contribution in [1.29, 1.82) is 0 Å². The number of hydrogen-bond acceptors (Lipinski definition) is 5. The number of carbonyl (C=O) groups is 2. The van der Waals surface area contributed by atoms with Gasteiger partial charge in [-0.25, -0.2) is 0 Å². The van der Waals surface area contributed by atoms with Gasteiger partial charge in [0.25, 0.3) is 0 Å². The summed E-state index contributed by atoms with van der Waals surface area (Å²) in [6, 6.07) is 5.19. The fourth-order valence-corrected chi connectivity index (χ4v) is 3.08. The second-order valence-corrected chi connectivity index (χ2v) is 6.22. The molecule has 0 spiro atoms. The van der Waals surface area contributed by atoms with Gasteiger partial charge in [0, 0.05) is 37.1 Å². The van der Waals surface area contributed by atoms with Crippen LogP contribution in [0.1, 0.15) is 37.4 Å². The minimum atomic E-state index is -0.798. The lowest BCUT2D eigenvalue weighted by molar-refractivity contribution is -0.135. The van der Waals surface area contributed by atoms with Gasteiger partial charge in [0.15, 0.2) is 0 Å². The van der Waals surface area contributed by atoms with E-state index in [4.69, 9.17) is 15.2 Å². The molecule has 2 rings (SSSR count). The molecule has 25 heavy (non-hydrogen) atoms. The molecule has 0 radical (unpaired) electrons. The van der Waals surface area contributed by atoms with E-state index >= 15 is 0 Å². The predicted molar refractivity (Wildman–Crippen MR) is 92.2 cm³/mol. The fourth-order valence-electron chi connectivity index (χ4n) is 3.08. The summed E-state index contributed by atoms with van der Waals surface area (Å²) >= 11 is 0. The van der Waals surface area contributed by atoms with E-state index in [0.29, 0.717) is 49.4 Å². The average Bonchev–Trinajstić information content (AvgIpc) is 2.65. The first-order valence-electron chi connectivity index (χ1n) is 8.43. The Balaban J connectivity index is 1.88. The SMILES string of the molecule is COc1ccc(C(O)CCC(=O)N2CCC(C(N)=O)CC2)c(OC)c1. The third-order valence-electron chi connectivity index (χ3n) is 4.68. The maximum Gasteiger partial charge on any atom is 0.222 e. The smallest absolute Gasteiger partial charge is 0.222 e. The third-order valence-corrected chi connectivity index (χ3v) is 4.68. The molecule has 3 N–H and O–H groups in total. The zero-order chi connectivity index (χ0) is 18.4. The number of ether oxygens (including phenoxy) is 2. The Morgan fingerprint density at radius 2 is 1.96 bits per heavy atom. The highest BCUT2D eigenvalue weighted by molar-refractivity contribution is 5.78. The van der Waals surface area contributed by atoms with Crippen molar-refractivity contribution in [3.05, 3.63) is 23.8 Å². The minimum Gasteiger partial charge on any atom is -0.497 e. The molecule has 1 aliphatic heterocycles. The van der Waals surface area contributed by atoms with Crippen LogP contribution in [0.2, 0.25) is 0 Å². The number of benzene rings is 1. The summed E-state index contributed by atoms with van der Waals surface area (Å²) in [5.74, 6) is 0.713. The molecule has 0 aromatic heterocycles. The Bertz CT molecular complexity index is 611. The van der Waals surface area contributed by atoms with Crippen LogP contribution in [0, 0.1) is 5.92 Å². The van der Waals surface area contributed by atoms with Gasteiger partial charge in [-0.3, -0.25) is 9.59 Å². The second-order valence-electron chi connectivity index (χ2n) is 6.22. The molecule has 1 aromatic carbocycles. The Hall–Kier alpha value is -2.28. The standard InChI is InChI=1S/C18H26N2O5/c1-24-13-3-4-14(16(11-13)25-2)15(21)5-6-17(22)20-9-7-12(8-10-20)18(19)23/h3-4,11-12,15,21H,5-10H2,1-2H3,(H2,19,23). The molecule has 0 saturated carbocycles. The van der Waals surface area contributed by atoms with Gasteiger partial charge < -0.3 is 25.2 Å². The Morgan fingerprint density at radius 3 is 2.52 bits per heavy atom. The number of aliphatic hydroxyl groups is 1. The molecule has 7 heteroatoms. The van der Waals surface area contributed by atoms with Crippen molar-refractivity contribution in [1.82, 2.24) is 4.90 Å². The highest BCUT2D eigenvalue weighted by Gasteiger charge is 2.26. The summed E-state index contributed by atoms with van der Waals surface area (Å²) < 4.78 is 10.4. The van der Waals surface area contributed by atoms with Gasteiger partial charge in [0.1, 0.15) is 11.5 Å². The summed E-state index contributed by atoms with van der Waals surface area (Å²) in [7, 11) is 3.09. The molecule has 1 aliphatic rings. The quantitative estimate of drug-likeness (QED) is 0.770. The Morgan fingerprint density at radius 1 is 1.28 bits per heavy atom. The molecule has 7 nitrogen and oxygen atoms in total. The summed E-state index contributed by atoms with van der Waals surface area (Å²) in [4.78, 5) is 25.2. The van der Waals surface area contributed by atoms with E-state index in [9.17, 15) is 14.7 Å². The Kier molecular flexibility index (Phi) is 6.64. The Labute approximate surface area is 147 Å². The summed E-state index contributed by atoms with van der Waals surface area (Å²) in [6.07, 6.45) is 0.953. The largest absolute Gasteiger partial charge is 0.497 e. The second kappa shape index (κ2) is 8.71. The number of carbonyl (C=O) groups excluding carboxylic acids is 2. The van der Waals surface area contributed by atoms with Gasteiger partial charge in [-0.2, -0.15) is 0 Å². The summed E-state index contributed by atoms with van der Waals surface area (Å²) in [5.41, 5.74) is 5.93. The number of primary amides is 1. The lowest BCUT2D eigenvalue weighted by Gasteiger charge is -2.30. The van der Waals surface area contributed by atoms with Gasteiger partial charge >= 0.3 is 0 Å². The van der Waals surface area contributed by atoms with Crippen molar-refractivity contribution < 1.29 is 24.2 Å². The van der Waals surface area contributed by atoms with E-state index in [-0.39, 0.29) is 24.2 Å². The molecule has 1 saturated heterocycles. The minimum absolute atomic E-state index is 0.0190. The first kappa shape index (κ1) is 19.1. The molecule has 1 unspecified atom stereocenters. The number of amides is 2. The predicted octanol–water partition coefficient (Wildman–Crippen LogP) is 1.24. The van der Waals surface area contributed by atoms with Gasteiger partial charge in [0.2, 0.25) is 11.8 Å². The van der Waals surface area contributed by atoms with Crippen LogP contribution < -0.4 is 15.2 Å². The maximum absolute atomic E-state index is 12.3. The van der Waals surface area contributed by atoms with E-state index in [2.05, 4.69) is 0 Å². The van der Waals surface area contributed by atoms with Crippen LogP contribution in [0.5, 0.6) is 11.5 Å². The highest BCUT2D eigenvalue weighted by atomic mass is 16.5. The first-order chi connectivity index (χ1) is 12.0. The fraction of sp³-hybridized carbons (Fsp3) is 0.556. The lowest BCUT2D eigenvalue weighted by Crippen LogP contribution is -2.41. The third kappa shape index (κ3) is 4.85. The molecule has 1 aromatic rings. The number of methoxy groups -OCH3 is 2. The molecule has 1 fully saturated rings. The van der Waals surface area contributed by atoms with Crippen LogP contribution in [0.3, 0.4) is 0 Å². The highest BCUT2D eigenvalue weighted by Crippen LogP contribution is 2.31. The number of hydrogen-bond donors (Lipinski definition) is 2. The molecule has 1 atom stereocenters. The van der Waals surface area contributed by atoms with E-state index in [1.54, 1.807) is 30.2 Å². The van der Waals surface area contributed by atoms with Crippen molar-refractivity contribution in [3.8, 4) is 11.5 Å². The average molecular weight is 350 g/mol. The molecule has 138 valence electrons. The van der Waals surface area contributed by atoms with Crippen molar-refractivity contribution in [3.63, 3.8) is 0 Å². The first-order valence-corrected chi connectivity index (χ1v) is 8.43. The van der Waals surface area contributed by atoms with E-state index in [1.165, 1.54) is 7.11 Å². The van der Waals surface area contributed by atoms with Crippen LogP contribution >= 0.6 is 0 Å². The van der Waals surface area contributed by atoms with Gasteiger partial charge in [0.05, 0.1) is 20.3 Å². The van der Waals surface area contributed by atoms with E-state index in [0.717, 1.165) is 0 Å². The number of nitrogens with two attached hydrogens (primary N) is 1. The monoisotopic (exact) mass is 350 g/mol. The number of rotatable bonds is 7. The molecule has 1 heterocycles. The molecular weight excluding hydrogens is 324 g/mol. The van der Waals surface area contributed by atoms with Crippen LogP contribution in [0.15, 0.2) is 18.2 Å². The number of piperidine rings is 1. The van der Waals surface area contributed by atoms with Crippen LogP contribution in [0.4, 0.5) is 0 Å². The van der Waals surface area contributed by atoms with Gasteiger partial charge in [-0.05, 0) is 31.4 Å². The zero-order valence-electron chi connectivity index (χ0n) is 14.7. The normalized spacial score (nSPS) is 16.4. The molecule has 0 bridgehead atoms. The summed E-state index contributed by atoms with van der Waals surface area (Å²) in [6.45, 7) is 1.07. The van der Waals surface area contributed by atoms with Crippen molar-refractivity contribution in [2.45, 2.75) is 31.8 Å². The van der Waals surface area contributed by atoms with Gasteiger partial charge in [-0.15, -0.1) is 0 Å². The number of aliphatic hydroxyl groups excluding tert-OH is 1. The van der Waals surface area contributed by atoms with Crippen LogP contribution in [0.25, 0.3) is 0 Å². The van der Waals surface area contributed by atoms with E-state index < -0.39 is 6.10 Å². The maximum atomic E-state index is 12.3. The topological polar surface area (TPSA) is 102 Å². The zero-order valence-corrected chi connectivity index (χ0v) is 14.7. The number of likely N-dealkylation sites (tertiary alicyclic amines) is 1.